The summed E-state index contributed by atoms with van der Waals surface area (Å²) in [4.78, 5) is 0. The Kier molecular flexibility index (Phi) is 3.89. The Hall–Kier alpha value is -3.15. The fourth-order valence-electron chi connectivity index (χ4n) is 4.08. The lowest BCUT2D eigenvalue weighted by molar-refractivity contribution is 0.296. The van der Waals surface area contributed by atoms with Gasteiger partial charge in [0.05, 0.1) is 0 Å². The van der Waals surface area contributed by atoms with Crippen LogP contribution in [-0.2, 0) is 26.5 Å². The fraction of sp³-hybridized carbons (Fsp3) is 0.286. The van der Waals surface area contributed by atoms with Crippen LogP contribution in [0.5, 0.6) is 5.75 Å². The number of tetrazole rings is 1. The van der Waals surface area contributed by atoms with Crippen LogP contribution in [0.2, 0.25) is 0 Å². The number of nitrogens with zero attached hydrogens (tertiary/aromatic N) is 4. The van der Waals surface area contributed by atoms with E-state index in [9.17, 15) is 0 Å². The average Bonchev–Trinajstić information content (AvgIpc) is 3.34. The second-order valence-electron chi connectivity index (χ2n) is 7.08. The molecule has 4 aromatic rings. The first-order valence-corrected chi connectivity index (χ1v) is 9.35. The van der Waals surface area contributed by atoms with Crippen LogP contribution in [0, 0.1) is 0 Å². The van der Waals surface area contributed by atoms with Gasteiger partial charge in [0.2, 0.25) is 0 Å². The highest BCUT2D eigenvalue weighted by Gasteiger charge is 2.18. The smallest absolute Gasteiger partial charge is 0.186 e. The van der Waals surface area contributed by atoms with E-state index in [0.717, 1.165) is 5.75 Å². The largest absolute Gasteiger partial charge is 0.486 e. The third kappa shape index (κ3) is 2.87. The van der Waals surface area contributed by atoms with E-state index in [1.165, 1.54) is 53.4 Å². The minimum atomic E-state index is 0.328. The number of nitrogens with one attached hydrogen (secondary N) is 1. The van der Waals surface area contributed by atoms with Gasteiger partial charge in [0, 0.05) is 23.6 Å². The highest BCUT2D eigenvalue weighted by atomic mass is 16.5. The first kappa shape index (κ1) is 16.1. The summed E-state index contributed by atoms with van der Waals surface area (Å²) in [5.74, 6) is 1.41. The van der Waals surface area contributed by atoms with Gasteiger partial charge in [-0.25, -0.2) is 5.10 Å². The summed E-state index contributed by atoms with van der Waals surface area (Å²) in [6.07, 6.45) is 4.99. The maximum Gasteiger partial charge on any atom is 0.186 e. The monoisotopic (exact) mass is 359 g/mol. The Balaban J connectivity index is 1.43. The lowest BCUT2D eigenvalue weighted by Crippen LogP contribution is -2.04. The van der Waals surface area contributed by atoms with Gasteiger partial charge in [0.15, 0.2) is 5.82 Å². The molecule has 0 saturated carbocycles. The van der Waals surface area contributed by atoms with Crippen molar-refractivity contribution in [3.05, 3.63) is 59.5 Å². The Morgan fingerprint density at radius 3 is 2.67 bits per heavy atom. The van der Waals surface area contributed by atoms with Crippen LogP contribution in [0.4, 0.5) is 0 Å². The molecule has 0 fully saturated rings. The molecule has 2 aromatic heterocycles. The number of fused-ring (bicyclic) bond motifs is 3. The van der Waals surface area contributed by atoms with Gasteiger partial charge in [-0.3, -0.25) is 0 Å². The number of aromatic nitrogens is 5. The summed E-state index contributed by atoms with van der Waals surface area (Å²) in [6, 6.07) is 15.0. The maximum absolute atomic E-state index is 5.71. The number of ether oxygens (including phenoxy) is 1. The van der Waals surface area contributed by atoms with Crippen molar-refractivity contribution in [1.29, 1.82) is 0 Å². The average molecular weight is 359 g/mol. The van der Waals surface area contributed by atoms with Crippen LogP contribution in [0.3, 0.4) is 0 Å². The van der Waals surface area contributed by atoms with Crippen LogP contribution in [-0.4, -0.2) is 25.2 Å². The molecule has 2 heterocycles. The molecule has 136 valence electrons. The van der Waals surface area contributed by atoms with Gasteiger partial charge < -0.3 is 9.30 Å². The van der Waals surface area contributed by atoms with Gasteiger partial charge in [0.1, 0.15) is 12.4 Å². The zero-order valence-electron chi connectivity index (χ0n) is 15.3. The molecule has 5 rings (SSSR count). The molecule has 2 aromatic carbocycles. The summed E-state index contributed by atoms with van der Waals surface area (Å²) in [5, 5.41) is 15.0. The first-order chi connectivity index (χ1) is 13.3. The zero-order valence-corrected chi connectivity index (χ0v) is 15.3. The predicted molar refractivity (Wildman–Crippen MR) is 104 cm³/mol. The predicted octanol–water partition coefficient (Wildman–Crippen LogP) is 3.82. The topological polar surface area (TPSA) is 68.6 Å². The van der Waals surface area contributed by atoms with E-state index in [4.69, 9.17) is 4.74 Å². The van der Waals surface area contributed by atoms with Crippen LogP contribution < -0.4 is 4.74 Å². The van der Waals surface area contributed by atoms with Gasteiger partial charge >= 0.3 is 0 Å². The Bertz CT molecular complexity index is 1080. The Morgan fingerprint density at radius 2 is 1.85 bits per heavy atom. The molecule has 0 saturated heterocycles. The molecule has 0 aliphatic heterocycles. The number of benzene rings is 2. The van der Waals surface area contributed by atoms with E-state index in [0.29, 0.717) is 12.4 Å². The van der Waals surface area contributed by atoms with E-state index in [1.807, 2.05) is 12.1 Å². The second kappa shape index (κ2) is 6.54. The Morgan fingerprint density at radius 1 is 1.04 bits per heavy atom. The number of aryl methyl sites for hydroxylation is 2. The zero-order chi connectivity index (χ0) is 18.2. The molecule has 6 nitrogen and oxygen atoms in total. The van der Waals surface area contributed by atoms with E-state index in [-0.39, 0.29) is 0 Å². The van der Waals surface area contributed by atoms with Gasteiger partial charge in [0.25, 0.3) is 0 Å². The van der Waals surface area contributed by atoms with Gasteiger partial charge in [-0.15, -0.1) is 5.10 Å². The summed E-state index contributed by atoms with van der Waals surface area (Å²) < 4.78 is 8.09. The number of hydrogen-bond donors (Lipinski definition) is 1. The lowest BCUT2D eigenvalue weighted by atomic mass is 9.94. The first-order valence-electron chi connectivity index (χ1n) is 9.35. The minimum absolute atomic E-state index is 0.328. The highest BCUT2D eigenvalue weighted by Crippen LogP contribution is 2.34. The molecular formula is C21H21N5O. The van der Waals surface area contributed by atoms with Crippen LogP contribution in [0.1, 0.15) is 29.9 Å². The summed E-state index contributed by atoms with van der Waals surface area (Å²) in [7, 11) is 2.20. The molecule has 0 atom stereocenters. The minimum Gasteiger partial charge on any atom is -0.486 e. The molecule has 1 aliphatic rings. The molecule has 0 amide bonds. The summed E-state index contributed by atoms with van der Waals surface area (Å²) in [5.41, 5.74) is 6.83. The van der Waals surface area contributed by atoms with E-state index < -0.39 is 0 Å². The highest BCUT2D eigenvalue weighted by molar-refractivity contribution is 5.90. The van der Waals surface area contributed by atoms with Crippen molar-refractivity contribution in [3.8, 4) is 16.9 Å². The van der Waals surface area contributed by atoms with Gasteiger partial charge in [-0.1, -0.05) is 18.2 Å². The molecule has 0 unspecified atom stereocenters. The number of hydrogen-bond acceptors (Lipinski definition) is 4. The molecule has 1 N–H and O–H groups in total. The standard InChI is InChI=1S/C21H21N5O/c1-26-19-5-3-2-4-17(19)18-12-15(8-11-20(18)26)14-6-9-16(10-7-14)27-13-21-22-24-25-23-21/h6-12H,2-5,13H2,1H3,(H,22,23,24,25). The summed E-state index contributed by atoms with van der Waals surface area (Å²) >= 11 is 0. The van der Waals surface area contributed by atoms with Crippen molar-refractivity contribution >= 4 is 10.9 Å². The van der Waals surface area contributed by atoms with Crippen molar-refractivity contribution < 1.29 is 4.74 Å². The summed E-state index contributed by atoms with van der Waals surface area (Å²) in [6.45, 7) is 0.328. The SMILES string of the molecule is Cn1c2c(c3cc(-c4ccc(OCc5nnn[nH]5)cc4)ccc31)CCCC2. The van der Waals surface area contributed by atoms with E-state index >= 15 is 0 Å². The molecule has 1 aliphatic carbocycles. The van der Waals surface area contributed by atoms with Crippen molar-refractivity contribution in [1.82, 2.24) is 25.2 Å². The van der Waals surface area contributed by atoms with E-state index in [1.54, 1.807) is 5.56 Å². The molecular weight excluding hydrogens is 338 g/mol. The Labute approximate surface area is 157 Å². The van der Waals surface area contributed by atoms with Gasteiger partial charge in [-0.2, -0.15) is 0 Å². The van der Waals surface area contributed by atoms with Crippen molar-refractivity contribution in [2.24, 2.45) is 7.05 Å². The molecule has 0 bridgehead atoms. The maximum atomic E-state index is 5.71. The van der Waals surface area contributed by atoms with Crippen LogP contribution in [0.15, 0.2) is 42.5 Å². The van der Waals surface area contributed by atoms with Gasteiger partial charge in [-0.05, 0) is 77.1 Å². The third-order valence-electron chi connectivity index (χ3n) is 5.48. The van der Waals surface area contributed by atoms with E-state index in [2.05, 4.69) is 62.6 Å². The van der Waals surface area contributed by atoms with Crippen molar-refractivity contribution in [2.75, 3.05) is 0 Å². The molecule has 0 radical (unpaired) electrons. The number of rotatable bonds is 4. The normalized spacial score (nSPS) is 13.7. The lowest BCUT2D eigenvalue weighted by Gasteiger charge is -2.13. The number of aromatic amines is 1. The number of H-pyrrole nitrogens is 1. The molecule has 27 heavy (non-hydrogen) atoms. The fourth-order valence-corrected chi connectivity index (χ4v) is 4.08. The van der Waals surface area contributed by atoms with Crippen molar-refractivity contribution in [3.63, 3.8) is 0 Å². The molecule has 0 spiro atoms. The second-order valence-corrected chi connectivity index (χ2v) is 7.08. The van der Waals surface area contributed by atoms with Crippen LogP contribution >= 0.6 is 0 Å². The molecule has 6 heteroatoms. The van der Waals surface area contributed by atoms with Crippen LogP contribution in [0.25, 0.3) is 22.0 Å². The van der Waals surface area contributed by atoms with Crippen molar-refractivity contribution in [2.45, 2.75) is 32.3 Å². The third-order valence-corrected chi connectivity index (χ3v) is 5.48. The quantitative estimate of drug-likeness (QED) is 0.601.